The average Bonchev–Trinajstić information content (AvgIpc) is 3.30. The number of carboxylic acids is 1. The minimum atomic E-state index is -1.09. The van der Waals surface area contributed by atoms with Gasteiger partial charge in [-0.25, -0.2) is 9.31 Å². The van der Waals surface area contributed by atoms with Gasteiger partial charge in [-0.05, 0) is 75.3 Å². The Morgan fingerprint density at radius 2 is 1.74 bits per heavy atom. The molecule has 0 aliphatic carbocycles. The molecule has 0 spiro atoms. The van der Waals surface area contributed by atoms with Crippen LogP contribution in [0.4, 0.5) is 5.69 Å². The summed E-state index contributed by atoms with van der Waals surface area (Å²) in [7, 11) is 0. The molecule has 4 heterocycles. The molecule has 1 aliphatic heterocycles. The van der Waals surface area contributed by atoms with Gasteiger partial charge in [0.2, 0.25) is 0 Å². The van der Waals surface area contributed by atoms with Crippen LogP contribution in [0.15, 0.2) is 61.1 Å². The number of aromatic nitrogens is 3. The molecule has 39 heavy (non-hydrogen) atoms. The second kappa shape index (κ2) is 10.1. The first kappa shape index (κ1) is 26.9. The number of fused-ring (bicyclic) bond motifs is 1. The lowest BCUT2D eigenvalue weighted by atomic mass is 9.82. The Morgan fingerprint density at radius 1 is 1.05 bits per heavy atom. The number of carbonyl (C=O) groups is 1. The number of piperidine rings is 1. The second-order valence-corrected chi connectivity index (χ2v) is 12.4. The van der Waals surface area contributed by atoms with E-state index < -0.39 is 17.7 Å². The van der Waals surface area contributed by atoms with E-state index in [9.17, 15) is 9.90 Å². The zero-order valence-corrected chi connectivity index (χ0v) is 23.7. The first-order chi connectivity index (χ1) is 18.4. The van der Waals surface area contributed by atoms with Crippen LogP contribution in [0.3, 0.4) is 0 Å². The number of hydrogen-bond acceptors (Lipinski definition) is 5. The van der Waals surface area contributed by atoms with Crippen molar-refractivity contribution in [3.05, 3.63) is 72.2 Å². The maximum Gasteiger partial charge on any atom is 0.337 e. The first-order valence-electron chi connectivity index (χ1n) is 13.6. The number of hydrogen-bond donors (Lipinski definition) is 1. The lowest BCUT2D eigenvalue weighted by Gasteiger charge is -2.40. The van der Waals surface area contributed by atoms with Crippen LogP contribution in [0, 0.1) is 12.3 Å². The molecule has 0 radical (unpaired) electrons. The van der Waals surface area contributed by atoms with Crippen LogP contribution in [-0.4, -0.2) is 44.4 Å². The molecule has 5 rings (SSSR count). The summed E-state index contributed by atoms with van der Waals surface area (Å²) < 4.78 is 8.08. The SMILES string of the molecule is Cc1cn2nc(-c3cccc(-c4cccnc4)c3)cc2c(N2CCC(C)(C)CC2)c1C(OC(C)(C)C)C(=O)O. The maximum absolute atomic E-state index is 12.6. The molecular weight excluding hydrogens is 488 g/mol. The molecule has 1 atom stereocenters. The fraction of sp³-hybridized carbons (Fsp3) is 0.406. The molecule has 1 aliphatic rings. The lowest BCUT2D eigenvalue weighted by molar-refractivity contribution is -0.160. The molecule has 4 aromatic rings. The van der Waals surface area contributed by atoms with E-state index in [1.165, 1.54) is 0 Å². The average molecular weight is 527 g/mol. The summed E-state index contributed by atoms with van der Waals surface area (Å²) in [5, 5.41) is 15.3. The summed E-state index contributed by atoms with van der Waals surface area (Å²) in [5.74, 6) is -0.986. The second-order valence-electron chi connectivity index (χ2n) is 12.4. The van der Waals surface area contributed by atoms with Crippen molar-refractivity contribution in [1.29, 1.82) is 0 Å². The van der Waals surface area contributed by atoms with Crippen molar-refractivity contribution < 1.29 is 14.6 Å². The van der Waals surface area contributed by atoms with E-state index in [0.717, 1.165) is 65.1 Å². The van der Waals surface area contributed by atoms with E-state index >= 15 is 0 Å². The van der Waals surface area contributed by atoms with Gasteiger partial charge in [0, 0.05) is 48.4 Å². The predicted molar refractivity (Wildman–Crippen MR) is 155 cm³/mol. The number of anilines is 1. The van der Waals surface area contributed by atoms with Crippen LogP contribution in [0.1, 0.15) is 64.7 Å². The third-order valence-corrected chi connectivity index (χ3v) is 7.52. The minimum Gasteiger partial charge on any atom is -0.479 e. The van der Waals surface area contributed by atoms with Crippen LogP contribution in [0.2, 0.25) is 0 Å². The Balaban J connectivity index is 1.68. The van der Waals surface area contributed by atoms with Gasteiger partial charge < -0.3 is 14.7 Å². The number of rotatable bonds is 6. The smallest absolute Gasteiger partial charge is 0.337 e. The zero-order valence-electron chi connectivity index (χ0n) is 23.7. The highest BCUT2D eigenvalue weighted by atomic mass is 16.5. The number of aryl methyl sites for hydroxylation is 1. The van der Waals surface area contributed by atoms with E-state index in [1.807, 2.05) is 62.8 Å². The van der Waals surface area contributed by atoms with Crippen LogP contribution in [0.25, 0.3) is 27.9 Å². The summed E-state index contributed by atoms with van der Waals surface area (Å²) in [6.07, 6.45) is 6.52. The van der Waals surface area contributed by atoms with Crippen LogP contribution in [-0.2, 0) is 9.53 Å². The topological polar surface area (TPSA) is 80.0 Å². The van der Waals surface area contributed by atoms with E-state index in [0.29, 0.717) is 5.56 Å². The van der Waals surface area contributed by atoms with E-state index in [-0.39, 0.29) is 5.41 Å². The van der Waals surface area contributed by atoms with Crippen molar-refractivity contribution in [1.82, 2.24) is 14.6 Å². The molecule has 7 nitrogen and oxygen atoms in total. The van der Waals surface area contributed by atoms with Crippen molar-refractivity contribution >= 4 is 17.2 Å². The fourth-order valence-corrected chi connectivity index (χ4v) is 5.37. The first-order valence-corrected chi connectivity index (χ1v) is 13.6. The number of pyridine rings is 2. The Hall–Kier alpha value is -3.71. The molecule has 1 fully saturated rings. The maximum atomic E-state index is 12.6. The standard InChI is InChI=1S/C32H38N4O3/c1-21-20-36-26(18-25(34-36)23-10-7-9-22(17-23)24-11-8-14-33-19-24)28(35-15-12-32(5,6)13-16-35)27(21)29(30(37)38)39-31(2,3)4/h7-11,14,17-20,29H,12-13,15-16H2,1-6H3,(H,37,38). The summed E-state index contributed by atoms with van der Waals surface area (Å²) >= 11 is 0. The molecule has 0 amide bonds. The molecular formula is C32H38N4O3. The summed E-state index contributed by atoms with van der Waals surface area (Å²) in [4.78, 5) is 19.2. The van der Waals surface area contributed by atoms with Gasteiger partial charge in [-0.15, -0.1) is 0 Å². The van der Waals surface area contributed by atoms with Crippen LogP contribution >= 0.6 is 0 Å². The number of carboxylic acid groups (broad SMARTS) is 1. The Bertz CT molecular complexity index is 1490. The van der Waals surface area contributed by atoms with Gasteiger partial charge in [0.15, 0.2) is 6.10 Å². The highest BCUT2D eigenvalue weighted by molar-refractivity contribution is 5.87. The highest BCUT2D eigenvalue weighted by Crippen LogP contribution is 2.42. The van der Waals surface area contributed by atoms with Crippen LogP contribution in [0.5, 0.6) is 0 Å². The molecule has 1 unspecified atom stereocenters. The summed E-state index contributed by atoms with van der Waals surface area (Å²) in [6, 6.07) is 14.3. The van der Waals surface area contributed by atoms with Gasteiger partial charge >= 0.3 is 5.97 Å². The zero-order chi connectivity index (χ0) is 27.9. The quantitative estimate of drug-likeness (QED) is 0.293. The Kier molecular flexibility index (Phi) is 6.97. The molecule has 204 valence electrons. The predicted octanol–water partition coefficient (Wildman–Crippen LogP) is 6.94. The molecule has 3 aromatic heterocycles. The third-order valence-electron chi connectivity index (χ3n) is 7.52. The van der Waals surface area contributed by atoms with E-state index in [4.69, 9.17) is 9.84 Å². The molecule has 0 bridgehead atoms. The minimum absolute atomic E-state index is 0.253. The molecule has 1 aromatic carbocycles. The van der Waals surface area contributed by atoms with Gasteiger partial charge in [0.05, 0.1) is 22.5 Å². The van der Waals surface area contributed by atoms with Crippen molar-refractivity contribution in [2.75, 3.05) is 18.0 Å². The van der Waals surface area contributed by atoms with Gasteiger partial charge in [-0.1, -0.05) is 38.1 Å². The summed E-state index contributed by atoms with van der Waals surface area (Å²) in [5.41, 5.74) is 6.91. The third kappa shape index (κ3) is 5.69. The molecule has 0 saturated carbocycles. The number of aliphatic carboxylic acids is 1. The Morgan fingerprint density at radius 3 is 2.38 bits per heavy atom. The van der Waals surface area contributed by atoms with Gasteiger partial charge in [-0.3, -0.25) is 4.98 Å². The molecule has 1 N–H and O–H groups in total. The number of benzene rings is 1. The summed E-state index contributed by atoms with van der Waals surface area (Å²) in [6.45, 7) is 13.9. The van der Waals surface area contributed by atoms with E-state index in [2.05, 4.69) is 48.0 Å². The monoisotopic (exact) mass is 526 g/mol. The molecule has 1 saturated heterocycles. The lowest BCUT2D eigenvalue weighted by Crippen LogP contribution is -2.39. The van der Waals surface area contributed by atoms with Crippen molar-refractivity contribution in [2.24, 2.45) is 5.41 Å². The van der Waals surface area contributed by atoms with Crippen molar-refractivity contribution in [3.63, 3.8) is 0 Å². The van der Waals surface area contributed by atoms with Gasteiger partial charge in [0.1, 0.15) is 0 Å². The van der Waals surface area contributed by atoms with E-state index in [1.54, 1.807) is 6.20 Å². The fourth-order valence-electron chi connectivity index (χ4n) is 5.37. The Labute approximate surface area is 230 Å². The largest absolute Gasteiger partial charge is 0.479 e. The van der Waals surface area contributed by atoms with Crippen molar-refractivity contribution in [2.45, 2.75) is 66.1 Å². The van der Waals surface area contributed by atoms with Gasteiger partial charge in [0.25, 0.3) is 0 Å². The van der Waals surface area contributed by atoms with Crippen LogP contribution < -0.4 is 4.90 Å². The highest BCUT2D eigenvalue weighted by Gasteiger charge is 2.35. The molecule has 7 heteroatoms. The van der Waals surface area contributed by atoms with Crippen molar-refractivity contribution in [3.8, 4) is 22.4 Å². The normalized spacial score (nSPS) is 16.4. The number of ether oxygens (including phenoxy) is 1. The number of nitrogens with zero attached hydrogens (tertiary/aromatic N) is 4. The van der Waals surface area contributed by atoms with Gasteiger partial charge in [-0.2, -0.15) is 5.10 Å².